The quantitative estimate of drug-likeness (QED) is 0.875. The van der Waals surface area contributed by atoms with Gasteiger partial charge in [-0.05, 0) is 25.0 Å². The summed E-state index contributed by atoms with van der Waals surface area (Å²) in [5, 5.41) is 7.03. The van der Waals surface area contributed by atoms with Gasteiger partial charge in [-0.1, -0.05) is 24.3 Å². The van der Waals surface area contributed by atoms with Crippen molar-refractivity contribution in [1.29, 1.82) is 0 Å². The first-order chi connectivity index (χ1) is 9.58. The van der Waals surface area contributed by atoms with Crippen molar-refractivity contribution in [3.63, 3.8) is 0 Å². The van der Waals surface area contributed by atoms with Gasteiger partial charge in [0.15, 0.2) is 0 Å². The molecule has 2 aromatic rings. The molecule has 2 rings (SSSR count). The van der Waals surface area contributed by atoms with Crippen molar-refractivity contribution in [3.8, 4) is 0 Å². The molecule has 0 aliphatic carbocycles. The third-order valence-electron chi connectivity index (χ3n) is 3.04. The second kappa shape index (κ2) is 6.34. The highest BCUT2D eigenvalue weighted by Crippen LogP contribution is 2.11. The van der Waals surface area contributed by atoms with Crippen LogP contribution in [0.25, 0.3) is 0 Å². The third-order valence-corrected chi connectivity index (χ3v) is 3.04. The molecule has 0 saturated carbocycles. The summed E-state index contributed by atoms with van der Waals surface area (Å²) in [6, 6.07) is 8.03. The number of nitrogens with one attached hydrogen (secondary N) is 1. The minimum Gasteiger partial charge on any atom is -0.326 e. The van der Waals surface area contributed by atoms with E-state index in [0.29, 0.717) is 13.0 Å². The molecular weight excluding hydrogens is 252 g/mol. The fraction of sp³-hybridized carbons (Fsp3) is 0.333. The minimum atomic E-state index is -0.0474. The number of benzene rings is 1. The Morgan fingerprint density at radius 1 is 1.30 bits per heavy atom. The second-order valence-corrected chi connectivity index (χ2v) is 5.05. The number of hydrogen-bond donors (Lipinski definition) is 2. The van der Waals surface area contributed by atoms with Crippen molar-refractivity contribution in [1.82, 2.24) is 9.78 Å². The number of nitrogens with zero attached hydrogens (tertiary/aromatic N) is 2. The lowest BCUT2D eigenvalue weighted by Crippen LogP contribution is -2.14. The molecule has 3 N–H and O–H groups in total. The molecule has 0 aliphatic rings. The number of rotatable bonds is 5. The molecule has 0 fully saturated rings. The zero-order valence-corrected chi connectivity index (χ0v) is 11.8. The lowest BCUT2D eigenvalue weighted by Gasteiger charge is -2.05. The Bertz CT molecular complexity index is 572. The molecule has 5 nitrogen and oxygen atoms in total. The van der Waals surface area contributed by atoms with Gasteiger partial charge in [0.2, 0.25) is 5.91 Å². The van der Waals surface area contributed by atoms with Gasteiger partial charge in [-0.15, -0.1) is 0 Å². The highest BCUT2D eigenvalue weighted by Gasteiger charge is 2.07. The lowest BCUT2D eigenvalue weighted by atomic mass is 10.1. The van der Waals surface area contributed by atoms with Crippen LogP contribution in [0.3, 0.4) is 0 Å². The Kier molecular flexibility index (Phi) is 4.53. The summed E-state index contributed by atoms with van der Waals surface area (Å²) in [5.74, 6) is -0.0474. The van der Waals surface area contributed by atoms with Crippen LogP contribution in [0.2, 0.25) is 0 Å². The highest BCUT2D eigenvalue weighted by molar-refractivity contribution is 5.91. The lowest BCUT2D eigenvalue weighted by molar-refractivity contribution is -0.115. The fourth-order valence-electron chi connectivity index (χ4n) is 1.87. The number of carbonyl (C=O) groups excluding carboxylic acids is 1. The fourth-order valence-corrected chi connectivity index (χ4v) is 1.87. The maximum atomic E-state index is 11.9. The Morgan fingerprint density at radius 3 is 2.50 bits per heavy atom. The Labute approximate surface area is 118 Å². The van der Waals surface area contributed by atoms with E-state index in [2.05, 4.69) is 10.4 Å². The van der Waals surface area contributed by atoms with Gasteiger partial charge in [-0.25, -0.2) is 0 Å². The molecule has 1 heterocycles. The van der Waals surface area contributed by atoms with E-state index in [1.165, 1.54) is 0 Å². The van der Waals surface area contributed by atoms with E-state index in [9.17, 15) is 4.79 Å². The molecule has 0 bridgehead atoms. The van der Waals surface area contributed by atoms with Crippen LogP contribution >= 0.6 is 0 Å². The molecule has 106 valence electrons. The van der Waals surface area contributed by atoms with Gasteiger partial charge in [-0.2, -0.15) is 5.10 Å². The number of aromatic nitrogens is 2. The monoisotopic (exact) mass is 272 g/mol. The van der Waals surface area contributed by atoms with Crippen LogP contribution in [0.15, 0.2) is 36.7 Å². The van der Waals surface area contributed by atoms with Crippen LogP contribution in [0.4, 0.5) is 5.69 Å². The first-order valence-electron chi connectivity index (χ1n) is 6.70. The van der Waals surface area contributed by atoms with Crippen molar-refractivity contribution >= 4 is 11.6 Å². The van der Waals surface area contributed by atoms with E-state index < -0.39 is 0 Å². The summed E-state index contributed by atoms with van der Waals surface area (Å²) in [5.41, 5.74) is 8.30. The Hall–Kier alpha value is -2.14. The molecule has 0 aliphatic heterocycles. The summed E-state index contributed by atoms with van der Waals surface area (Å²) in [6.07, 6.45) is 3.84. The third kappa shape index (κ3) is 3.68. The van der Waals surface area contributed by atoms with E-state index in [1.54, 1.807) is 6.20 Å². The summed E-state index contributed by atoms with van der Waals surface area (Å²) in [6.45, 7) is 4.59. The Morgan fingerprint density at radius 2 is 1.95 bits per heavy atom. The second-order valence-electron chi connectivity index (χ2n) is 5.05. The van der Waals surface area contributed by atoms with Gasteiger partial charge in [0.25, 0.3) is 0 Å². The predicted octanol–water partition coefficient (Wildman–Crippen LogP) is 2.10. The zero-order valence-electron chi connectivity index (χ0n) is 11.8. The van der Waals surface area contributed by atoms with Crippen LogP contribution in [-0.4, -0.2) is 15.7 Å². The summed E-state index contributed by atoms with van der Waals surface area (Å²) < 4.78 is 1.81. The van der Waals surface area contributed by atoms with E-state index in [4.69, 9.17) is 5.73 Å². The standard InChI is InChI=1S/C15H20N4O/c1-11(2)19-10-14(9-17-19)18-15(20)7-12-3-5-13(8-16)6-4-12/h3-6,9-11H,7-8,16H2,1-2H3,(H,18,20). The summed E-state index contributed by atoms with van der Waals surface area (Å²) in [7, 11) is 0. The molecule has 5 heteroatoms. The molecule has 1 aromatic heterocycles. The highest BCUT2D eigenvalue weighted by atomic mass is 16.1. The zero-order chi connectivity index (χ0) is 14.5. The van der Waals surface area contributed by atoms with E-state index >= 15 is 0 Å². The van der Waals surface area contributed by atoms with Crippen LogP contribution in [0.5, 0.6) is 0 Å². The van der Waals surface area contributed by atoms with Gasteiger partial charge in [-0.3, -0.25) is 9.48 Å². The molecular formula is C15H20N4O. The van der Waals surface area contributed by atoms with Crippen molar-refractivity contribution in [2.75, 3.05) is 5.32 Å². The van der Waals surface area contributed by atoms with Crippen LogP contribution < -0.4 is 11.1 Å². The van der Waals surface area contributed by atoms with E-state index in [-0.39, 0.29) is 11.9 Å². The van der Waals surface area contributed by atoms with Gasteiger partial charge in [0.1, 0.15) is 0 Å². The van der Waals surface area contributed by atoms with Crippen LogP contribution in [0.1, 0.15) is 31.0 Å². The van der Waals surface area contributed by atoms with Crippen molar-refractivity contribution < 1.29 is 4.79 Å². The first-order valence-corrected chi connectivity index (χ1v) is 6.70. The van der Waals surface area contributed by atoms with Gasteiger partial charge in [0, 0.05) is 18.8 Å². The number of nitrogens with two attached hydrogens (primary N) is 1. The molecule has 20 heavy (non-hydrogen) atoms. The van der Waals surface area contributed by atoms with Crippen molar-refractivity contribution in [2.24, 2.45) is 5.73 Å². The van der Waals surface area contributed by atoms with Crippen molar-refractivity contribution in [3.05, 3.63) is 47.8 Å². The van der Waals surface area contributed by atoms with Gasteiger partial charge >= 0.3 is 0 Å². The normalized spacial score (nSPS) is 10.8. The molecule has 1 amide bonds. The molecule has 0 spiro atoms. The summed E-state index contributed by atoms with van der Waals surface area (Å²) in [4.78, 5) is 11.9. The molecule has 0 unspecified atom stereocenters. The molecule has 0 atom stereocenters. The summed E-state index contributed by atoms with van der Waals surface area (Å²) >= 11 is 0. The topological polar surface area (TPSA) is 72.9 Å². The number of carbonyl (C=O) groups is 1. The van der Waals surface area contributed by atoms with Gasteiger partial charge < -0.3 is 11.1 Å². The smallest absolute Gasteiger partial charge is 0.228 e. The Balaban J connectivity index is 1.93. The van der Waals surface area contributed by atoms with Gasteiger partial charge in [0.05, 0.1) is 18.3 Å². The average molecular weight is 272 g/mol. The minimum absolute atomic E-state index is 0.0474. The molecule has 0 saturated heterocycles. The van der Waals surface area contributed by atoms with E-state index in [0.717, 1.165) is 16.8 Å². The maximum Gasteiger partial charge on any atom is 0.228 e. The number of amides is 1. The molecule has 1 aromatic carbocycles. The molecule has 0 radical (unpaired) electrons. The SMILES string of the molecule is CC(C)n1cc(NC(=O)Cc2ccc(CN)cc2)cn1. The largest absolute Gasteiger partial charge is 0.326 e. The van der Waals surface area contributed by atoms with Crippen LogP contribution in [-0.2, 0) is 17.8 Å². The first kappa shape index (κ1) is 14.3. The van der Waals surface area contributed by atoms with Crippen molar-refractivity contribution in [2.45, 2.75) is 32.9 Å². The van der Waals surface area contributed by atoms with Crippen LogP contribution in [0, 0.1) is 0 Å². The average Bonchev–Trinajstić information content (AvgIpc) is 2.88. The number of anilines is 1. The predicted molar refractivity (Wildman–Crippen MR) is 79.3 cm³/mol. The number of hydrogen-bond acceptors (Lipinski definition) is 3. The maximum absolute atomic E-state index is 11.9. The van der Waals surface area contributed by atoms with E-state index in [1.807, 2.05) is 49.0 Å².